The first-order valence-electron chi connectivity index (χ1n) is 12.5. The van der Waals surface area contributed by atoms with Crippen molar-refractivity contribution in [3.63, 3.8) is 0 Å². The maximum atomic E-state index is 15.2. The monoisotopic (exact) mass is 521 g/mol. The highest BCUT2D eigenvalue weighted by atomic mass is 19.1. The molecular weight excluding hydrogens is 496 g/mol. The van der Waals surface area contributed by atoms with Gasteiger partial charge in [0.2, 0.25) is 0 Å². The molecule has 9 heteroatoms. The molecule has 0 spiro atoms. The van der Waals surface area contributed by atoms with E-state index in [0.29, 0.717) is 61.8 Å². The van der Waals surface area contributed by atoms with E-state index in [4.69, 9.17) is 4.98 Å². The van der Waals surface area contributed by atoms with E-state index in [2.05, 4.69) is 50.9 Å². The van der Waals surface area contributed by atoms with E-state index < -0.39 is 5.82 Å². The molecule has 0 aliphatic carbocycles. The van der Waals surface area contributed by atoms with Crippen LogP contribution in [0.4, 0.5) is 14.5 Å². The molecule has 0 unspecified atom stereocenters. The molecule has 0 saturated heterocycles. The van der Waals surface area contributed by atoms with E-state index in [9.17, 15) is 4.39 Å². The summed E-state index contributed by atoms with van der Waals surface area (Å²) in [5.74, 6) is 0.119. The van der Waals surface area contributed by atoms with Gasteiger partial charge in [0.05, 0.1) is 22.9 Å². The van der Waals surface area contributed by atoms with Gasteiger partial charge in [-0.05, 0) is 42.7 Å². The molecule has 0 aliphatic heterocycles. The topological polar surface area (TPSA) is 95.2 Å². The minimum atomic E-state index is -0.409. The quantitative estimate of drug-likeness (QED) is 0.202. The largest absolute Gasteiger partial charge is 0.358 e. The third-order valence-corrected chi connectivity index (χ3v) is 6.43. The van der Waals surface area contributed by atoms with E-state index in [0.717, 1.165) is 17.8 Å². The van der Waals surface area contributed by atoms with E-state index in [-0.39, 0.29) is 5.82 Å². The zero-order chi connectivity index (χ0) is 27.1. The van der Waals surface area contributed by atoms with Crippen LogP contribution in [0.2, 0.25) is 0 Å². The zero-order valence-corrected chi connectivity index (χ0v) is 21.4. The third kappa shape index (κ3) is 4.63. The van der Waals surface area contributed by atoms with Crippen LogP contribution in [-0.4, -0.2) is 30.1 Å². The summed E-state index contributed by atoms with van der Waals surface area (Å²) in [6.45, 7) is 8.31. The maximum Gasteiger partial charge on any atom is 0.159 e. The number of aromatic amines is 2. The van der Waals surface area contributed by atoms with Crippen LogP contribution in [0.5, 0.6) is 0 Å². The van der Waals surface area contributed by atoms with Crippen molar-refractivity contribution in [2.24, 2.45) is 5.92 Å². The highest BCUT2D eigenvalue weighted by Crippen LogP contribution is 2.34. The van der Waals surface area contributed by atoms with Gasteiger partial charge in [-0.2, -0.15) is 5.10 Å². The number of benzene rings is 2. The lowest BCUT2D eigenvalue weighted by atomic mass is 10.0. The summed E-state index contributed by atoms with van der Waals surface area (Å²) in [6, 6.07) is 13.2. The number of allylic oxidation sites excluding steroid dienone is 1. The number of rotatable bonds is 7. The molecule has 2 aromatic carbocycles. The lowest BCUT2D eigenvalue weighted by molar-refractivity contribution is 0.631. The average molecular weight is 522 g/mol. The van der Waals surface area contributed by atoms with Crippen molar-refractivity contribution in [2.75, 3.05) is 5.32 Å². The third-order valence-electron chi connectivity index (χ3n) is 6.43. The van der Waals surface area contributed by atoms with Gasteiger partial charge in [-0.25, -0.2) is 13.8 Å². The van der Waals surface area contributed by atoms with Gasteiger partial charge in [-0.1, -0.05) is 32.6 Å². The fraction of sp³-hybridized carbons (Fsp3) is 0.133. The first kappa shape index (κ1) is 24.4. The summed E-state index contributed by atoms with van der Waals surface area (Å²) in [4.78, 5) is 16.7. The molecule has 4 heterocycles. The van der Waals surface area contributed by atoms with Crippen LogP contribution in [0, 0.1) is 17.6 Å². The van der Waals surface area contributed by atoms with Crippen LogP contribution in [0.15, 0.2) is 79.4 Å². The Hall–Kier alpha value is -4.92. The molecule has 6 aromatic rings. The Bertz CT molecular complexity index is 1850. The molecule has 0 fully saturated rings. The number of imidazole rings is 1. The second-order valence-electron chi connectivity index (χ2n) is 9.86. The first-order valence-corrected chi connectivity index (χ1v) is 12.5. The normalized spacial score (nSPS) is 11.5. The second kappa shape index (κ2) is 9.75. The van der Waals surface area contributed by atoms with Gasteiger partial charge in [0.1, 0.15) is 28.5 Å². The fourth-order valence-corrected chi connectivity index (χ4v) is 4.74. The number of hydrogen-bond donors (Lipinski definition) is 3. The van der Waals surface area contributed by atoms with Crippen molar-refractivity contribution < 1.29 is 8.78 Å². The number of H-pyrrole nitrogens is 2. The molecule has 7 nitrogen and oxygen atoms in total. The van der Waals surface area contributed by atoms with E-state index in [1.54, 1.807) is 48.9 Å². The zero-order valence-electron chi connectivity index (χ0n) is 21.4. The summed E-state index contributed by atoms with van der Waals surface area (Å²) in [6.07, 6.45) is 5.72. The van der Waals surface area contributed by atoms with Gasteiger partial charge >= 0.3 is 0 Å². The van der Waals surface area contributed by atoms with Crippen molar-refractivity contribution in [3.05, 3.63) is 91.0 Å². The van der Waals surface area contributed by atoms with Crippen molar-refractivity contribution >= 4 is 27.6 Å². The first-order chi connectivity index (χ1) is 18.9. The van der Waals surface area contributed by atoms with Crippen LogP contribution in [0.3, 0.4) is 0 Å². The fourth-order valence-electron chi connectivity index (χ4n) is 4.74. The lowest BCUT2D eigenvalue weighted by Gasteiger charge is -2.12. The Balaban J connectivity index is 1.42. The second-order valence-corrected chi connectivity index (χ2v) is 9.86. The molecule has 3 N–H and O–H groups in total. The number of hydrogen-bond acceptors (Lipinski definition) is 5. The number of fused-ring (bicyclic) bond motifs is 2. The Morgan fingerprint density at radius 2 is 1.82 bits per heavy atom. The highest BCUT2D eigenvalue weighted by Gasteiger charge is 2.19. The maximum absolute atomic E-state index is 15.2. The number of halogens is 2. The number of pyridine rings is 2. The van der Waals surface area contributed by atoms with Gasteiger partial charge in [-0.15, -0.1) is 0 Å². The minimum absolute atomic E-state index is 0.356. The highest BCUT2D eigenvalue weighted by molar-refractivity contribution is 5.97. The molecule has 0 bridgehead atoms. The van der Waals surface area contributed by atoms with Crippen molar-refractivity contribution in [2.45, 2.75) is 20.3 Å². The number of nitrogens with one attached hydrogen (secondary N) is 3. The summed E-state index contributed by atoms with van der Waals surface area (Å²) in [5.41, 5.74) is 5.59. The molecule has 0 aliphatic rings. The number of aromatic nitrogens is 6. The summed E-state index contributed by atoms with van der Waals surface area (Å²) < 4.78 is 29.8. The molecule has 39 heavy (non-hydrogen) atoms. The Morgan fingerprint density at radius 3 is 2.64 bits per heavy atom. The Labute approximate surface area is 223 Å². The Kier molecular flexibility index (Phi) is 6.11. The van der Waals surface area contributed by atoms with Gasteiger partial charge in [-0.3, -0.25) is 15.1 Å². The van der Waals surface area contributed by atoms with Crippen molar-refractivity contribution in [3.8, 4) is 33.9 Å². The minimum Gasteiger partial charge on any atom is -0.358 e. The summed E-state index contributed by atoms with van der Waals surface area (Å²) in [5, 5.41) is 11.3. The van der Waals surface area contributed by atoms with Crippen LogP contribution >= 0.6 is 0 Å². The van der Waals surface area contributed by atoms with Gasteiger partial charge in [0.25, 0.3) is 0 Å². The Morgan fingerprint density at radius 1 is 0.974 bits per heavy atom. The van der Waals surface area contributed by atoms with Crippen molar-refractivity contribution in [1.29, 1.82) is 0 Å². The van der Waals surface area contributed by atoms with E-state index in [1.165, 1.54) is 12.1 Å². The molecular formula is C30H25F2N7. The van der Waals surface area contributed by atoms with Crippen LogP contribution < -0.4 is 5.32 Å². The molecule has 0 saturated carbocycles. The van der Waals surface area contributed by atoms with Crippen LogP contribution in [0.25, 0.3) is 55.8 Å². The molecule has 0 amide bonds. The predicted molar refractivity (Wildman–Crippen MR) is 150 cm³/mol. The van der Waals surface area contributed by atoms with Gasteiger partial charge in [0, 0.05) is 46.2 Å². The smallest absolute Gasteiger partial charge is 0.159 e. The van der Waals surface area contributed by atoms with Crippen molar-refractivity contribution in [1.82, 2.24) is 30.1 Å². The lowest BCUT2D eigenvalue weighted by Crippen LogP contribution is -2.02. The number of anilines is 1. The number of nitrogens with zero attached hydrogens (tertiary/aromatic N) is 4. The van der Waals surface area contributed by atoms with E-state index >= 15 is 4.39 Å². The van der Waals surface area contributed by atoms with Gasteiger partial charge in [0.15, 0.2) is 5.82 Å². The van der Waals surface area contributed by atoms with Gasteiger partial charge < -0.3 is 10.3 Å². The molecule has 4 aromatic heterocycles. The summed E-state index contributed by atoms with van der Waals surface area (Å²) >= 11 is 0. The molecule has 6 rings (SSSR count). The predicted octanol–water partition coefficient (Wildman–Crippen LogP) is 7.48. The van der Waals surface area contributed by atoms with E-state index in [1.807, 2.05) is 6.07 Å². The average Bonchev–Trinajstić information content (AvgIpc) is 3.52. The molecule has 0 atom stereocenters. The SMILES string of the molecule is C=C(CC(C)C)Nc1cncc(-c2cc3c(-c4nc5c(-c6ccccc6F)nccc5[nH]4)n[nH]c3cc2F)c1. The summed E-state index contributed by atoms with van der Waals surface area (Å²) in [7, 11) is 0. The van der Waals surface area contributed by atoms with Crippen LogP contribution in [0.1, 0.15) is 20.3 Å². The molecule has 0 radical (unpaired) electrons. The van der Waals surface area contributed by atoms with Crippen LogP contribution in [-0.2, 0) is 0 Å². The molecule has 194 valence electrons. The standard InChI is InChI=1S/C30H25F2N7/c1-16(2)10-17(3)35-19-11-18(14-33-15-19)21-12-22-26(13-24(21)32)38-39-28(22)30-36-25-8-9-34-27(29(25)37-30)20-6-4-5-7-23(20)31/h4-9,11-16,35H,3,10H2,1-2H3,(H,36,37)(H,38,39).